The number of methoxy groups -OCH3 is 1. The van der Waals surface area contributed by atoms with E-state index in [0.717, 1.165) is 50.7 Å². The summed E-state index contributed by atoms with van der Waals surface area (Å²) >= 11 is 0. The number of aliphatic hydroxyl groups is 1. The fourth-order valence-electron chi connectivity index (χ4n) is 6.77. The summed E-state index contributed by atoms with van der Waals surface area (Å²) in [5, 5.41) is 20.6. The van der Waals surface area contributed by atoms with Crippen LogP contribution in [0.2, 0.25) is 0 Å². The second-order valence-corrected chi connectivity index (χ2v) is 10.4. The van der Waals surface area contributed by atoms with Crippen molar-refractivity contribution >= 4 is 0 Å². The molecule has 3 unspecified atom stereocenters. The maximum absolute atomic E-state index is 10.4. The standard InChI is InChI=1S/C25H28O3.C7H8/c1-28-23-14-20(27)12-18-7-8-22-21-13-19(26)11-17(21)9-10-25(22,24(18)23)15-16-5-3-2-4-6-16;1-7-5-3-2-4-6-7/h2-6,12,14,17,19,26-27H,7-11,13,15H2,1H3;2-6H,1H3. The Hall–Kier alpha value is -3.04. The predicted molar refractivity (Wildman–Crippen MR) is 141 cm³/mol. The van der Waals surface area contributed by atoms with Crippen molar-refractivity contribution in [3.8, 4) is 11.5 Å². The molecule has 35 heavy (non-hydrogen) atoms. The van der Waals surface area contributed by atoms with Gasteiger partial charge in [-0.15, -0.1) is 0 Å². The maximum Gasteiger partial charge on any atom is 0.126 e. The molecule has 0 heterocycles. The summed E-state index contributed by atoms with van der Waals surface area (Å²) in [6.07, 6.45) is 6.64. The monoisotopic (exact) mass is 468 g/mol. The summed E-state index contributed by atoms with van der Waals surface area (Å²) in [7, 11) is 1.71. The van der Waals surface area contributed by atoms with E-state index in [0.29, 0.717) is 5.92 Å². The first-order valence-electron chi connectivity index (χ1n) is 12.9. The minimum absolute atomic E-state index is 0.0934. The van der Waals surface area contributed by atoms with Gasteiger partial charge in [-0.05, 0) is 75.0 Å². The highest BCUT2D eigenvalue weighted by Crippen LogP contribution is 2.58. The molecule has 0 saturated heterocycles. The van der Waals surface area contributed by atoms with Crippen molar-refractivity contribution in [3.63, 3.8) is 0 Å². The molecule has 3 aromatic rings. The summed E-state index contributed by atoms with van der Waals surface area (Å²) in [4.78, 5) is 0. The van der Waals surface area contributed by atoms with Gasteiger partial charge in [0.25, 0.3) is 0 Å². The number of phenols is 1. The van der Waals surface area contributed by atoms with Gasteiger partial charge in [0.1, 0.15) is 11.5 Å². The fraction of sp³-hybridized carbons (Fsp3) is 0.375. The van der Waals surface area contributed by atoms with Gasteiger partial charge in [0, 0.05) is 17.0 Å². The van der Waals surface area contributed by atoms with Gasteiger partial charge in [-0.3, -0.25) is 0 Å². The first kappa shape index (κ1) is 23.7. The third kappa shape index (κ3) is 4.62. The number of hydrogen-bond acceptors (Lipinski definition) is 3. The molecule has 182 valence electrons. The Balaban J connectivity index is 0.000000313. The third-order valence-corrected chi connectivity index (χ3v) is 8.19. The molecule has 3 atom stereocenters. The summed E-state index contributed by atoms with van der Waals surface area (Å²) in [5.74, 6) is 1.63. The van der Waals surface area contributed by atoms with Crippen molar-refractivity contribution < 1.29 is 14.9 Å². The molecule has 0 bridgehead atoms. The lowest BCUT2D eigenvalue weighted by Gasteiger charge is -2.47. The van der Waals surface area contributed by atoms with E-state index >= 15 is 0 Å². The summed E-state index contributed by atoms with van der Waals surface area (Å²) in [6.45, 7) is 2.08. The molecule has 3 nitrogen and oxygen atoms in total. The van der Waals surface area contributed by atoms with Gasteiger partial charge in [0.15, 0.2) is 0 Å². The van der Waals surface area contributed by atoms with Crippen molar-refractivity contribution in [2.75, 3.05) is 7.11 Å². The number of phenolic OH excluding ortho intramolecular Hbond substituents is 1. The zero-order valence-electron chi connectivity index (χ0n) is 20.8. The molecule has 1 saturated carbocycles. The Labute approximate surface area is 209 Å². The van der Waals surface area contributed by atoms with E-state index in [4.69, 9.17) is 4.74 Å². The lowest BCUT2D eigenvalue weighted by atomic mass is 9.56. The molecular weight excluding hydrogens is 432 g/mol. The van der Waals surface area contributed by atoms with Crippen molar-refractivity contribution in [3.05, 3.63) is 106 Å². The minimum atomic E-state index is -0.192. The van der Waals surface area contributed by atoms with E-state index in [1.807, 2.05) is 24.3 Å². The number of fused-ring (bicyclic) bond motifs is 4. The first-order chi connectivity index (χ1) is 17.0. The molecule has 3 aliphatic carbocycles. The van der Waals surface area contributed by atoms with Gasteiger partial charge in [-0.25, -0.2) is 0 Å². The predicted octanol–water partition coefficient (Wildman–Crippen LogP) is 6.68. The molecule has 0 amide bonds. The maximum atomic E-state index is 10.4. The highest BCUT2D eigenvalue weighted by Gasteiger charge is 2.49. The van der Waals surface area contributed by atoms with Gasteiger partial charge in [-0.2, -0.15) is 0 Å². The normalized spacial score (nSPS) is 24.5. The fourth-order valence-corrected chi connectivity index (χ4v) is 6.77. The Morgan fingerprint density at radius 2 is 1.69 bits per heavy atom. The second-order valence-electron chi connectivity index (χ2n) is 10.4. The molecule has 2 N–H and O–H groups in total. The lowest BCUT2D eigenvalue weighted by Crippen LogP contribution is -2.40. The zero-order chi connectivity index (χ0) is 24.4. The Bertz CT molecular complexity index is 1180. The van der Waals surface area contributed by atoms with Gasteiger partial charge < -0.3 is 14.9 Å². The third-order valence-electron chi connectivity index (χ3n) is 8.19. The van der Waals surface area contributed by atoms with Crippen LogP contribution in [0.15, 0.2) is 83.9 Å². The molecule has 0 spiro atoms. The van der Waals surface area contributed by atoms with E-state index in [9.17, 15) is 10.2 Å². The van der Waals surface area contributed by atoms with Crippen LogP contribution < -0.4 is 4.74 Å². The molecule has 0 radical (unpaired) electrons. The van der Waals surface area contributed by atoms with Crippen LogP contribution in [0, 0.1) is 12.8 Å². The van der Waals surface area contributed by atoms with Gasteiger partial charge in [0.05, 0.1) is 13.2 Å². The number of aliphatic hydroxyl groups excluding tert-OH is 1. The van der Waals surface area contributed by atoms with Crippen LogP contribution in [0.3, 0.4) is 0 Å². The highest BCUT2D eigenvalue weighted by atomic mass is 16.5. The topological polar surface area (TPSA) is 49.7 Å². The largest absolute Gasteiger partial charge is 0.508 e. The average molecular weight is 469 g/mol. The molecule has 6 rings (SSSR count). The van der Waals surface area contributed by atoms with E-state index in [1.54, 1.807) is 18.7 Å². The Morgan fingerprint density at radius 1 is 0.971 bits per heavy atom. The van der Waals surface area contributed by atoms with Gasteiger partial charge >= 0.3 is 0 Å². The van der Waals surface area contributed by atoms with Crippen LogP contribution in [0.1, 0.15) is 54.4 Å². The van der Waals surface area contributed by atoms with Crippen molar-refractivity contribution in [2.45, 2.75) is 63.4 Å². The van der Waals surface area contributed by atoms with Gasteiger partial charge in [0.2, 0.25) is 0 Å². The molecule has 0 aromatic heterocycles. The summed E-state index contributed by atoms with van der Waals surface area (Å²) in [6, 6.07) is 24.7. The van der Waals surface area contributed by atoms with Crippen molar-refractivity contribution in [1.82, 2.24) is 0 Å². The van der Waals surface area contributed by atoms with E-state index in [-0.39, 0.29) is 17.3 Å². The number of ether oxygens (including phenoxy) is 1. The summed E-state index contributed by atoms with van der Waals surface area (Å²) < 4.78 is 5.81. The minimum Gasteiger partial charge on any atom is -0.508 e. The number of benzene rings is 3. The second kappa shape index (κ2) is 9.91. The van der Waals surface area contributed by atoms with E-state index < -0.39 is 0 Å². The van der Waals surface area contributed by atoms with Crippen molar-refractivity contribution in [2.24, 2.45) is 5.92 Å². The molecule has 0 aliphatic heterocycles. The van der Waals surface area contributed by atoms with Crippen LogP contribution in [-0.4, -0.2) is 23.4 Å². The molecule has 3 aliphatic rings. The smallest absolute Gasteiger partial charge is 0.126 e. The summed E-state index contributed by atoms with van der Waals surface area (Å²) in [5.41, 5.74) is 8.10. The van der Waals surface area contributed by atoms with Crippen LogP contribution in [0.25, 0.3) is 0 Å². The number of aromatic hydroxyl groups is 1. The quantitative estimate of drug-likeness (QED) is 0.421. The SMILES string of the molecule is COc1cc(O)cc2c1C1(Cc3ccccc3)CCC3CC(O)CC3=C1CC2.Cc1ccccc1. The number of aryl methyl sites for hydroxylation is 2. The lowest BCUT2D eigenvalue weighted by molar-refractivity contribution is 0.177. The van der Waals surface area contributed by atoms with Crippen LogP contribution in [0.5, 0.6) is 11.5 Å². The van der Waals surface area contributed by atoms with E-state index in [2.05, 4.69) is 49.4 Å². The van der Waals surface area contributed by atoms with Crippen LogP contribution >= 0.6 is 0 Å². The van der Waals surface area contributed by atoms with Crippen LogP contribution in [-0.2, 0) is 18.3 Å². The Morgan fingerprint density at radius 3 is 2.34 bits per heavy atom. The number of allylic oxidation sites excluding steroid dienone is 1. The average Bonchev–Trinajstić information content (AvgIpc) is 3.25. The molecule has 3 aromatic carbocycles. The van der Waals surface area contributed by atoms with Crippen LogP contribution in [0.4, 0.5) is 0 Å². The Kier molecular flexibility index (Phi) is 6.71. The van der Waals surface area contributed by atoms with Crippen molar-refractivity contribution in [1.29, 1.82) is 0 Å². The molecular formula is C32H36O3. The highest BCUT2D eigenvalue weighted by molar-refractivity contribution is 5.59. The molecule has 3 heteroatoms. The first-order valence-corrected chi connectivity index (χ1v) is 12.9. The number of hydrogen-bond donors (Lipinski definition) is 2. The molecule has 1 fully saturated rings. The van der Waals surface area contributed by atoms with Gasteiger partial charge in [-0.1, -0.05) is 77.4 Å². The zero-order valence-corrected chi connectivity index (χ0v) is 20.8. The van der Waals surface area contributed by atoms with E-state index in [1.165, 1.54) is 27.8 Å². The number of rotatable bonds is 3.